The van der Waals surface area contributed by atoms with Crippen LogP contribution in [0.5, 0.6) is 0 Å². The lowest BCUT2D eigenvalue weighted by atomic mass is 9.87. The van der Waals surface area contributed by atoms with Gasteiger partial charge in [0, 0.05) is 36.8 Å². The van der Waals surface area contributed by atoms with Crippen LogP contribution in [0.2, 0.25) is 0 Å². The summed E-state index contributed by atoms with van der Waals surface area (Å²) >= 11 is 0. The summed E-state index contributed by atoms with van der Waals surface area (Å²) in [6, 6.07) is 8.18. The molecule has 1 aliphatic carbocycles. The maximum Gasteiger partial charge on any atom is 0.227 e. The molecule has 1 saturated heterocycles. The number of anilines is 2. The zero-order valence-corrected chi connectivity index (χ0v) is 16.1. The van der Waals surface area contributed by atoms with Gasteiger partial charge in [-0.15, -0.1) is 0 Å². The molecule has 1 aromatic carbocycles. The standard InChI is InChI=1S/C22H27FN4O/c23-18-9-4-10-19(14-18)25-22-24-12-11-20(26-22)17-8-5-13-27(15-17)21(28)16-6-2-1-3-7-16/h4,9-12,14,16-17H,1-3,5-8,13,15H2,(H,24,25,26). The Morgan fingerprint density at radius 1 is 1.11 bits per heavy atom. The number of carbonyl (C=O) groups is 1. The Kier molecular flexibility index (Phi) is 5.84. The van der Waals surface area contributed by atoms with Crippen molar-refractivity contribution in [1.29, 1.82) is 0 Å². The van der Waals surface area contributed by atoms with Crippen LogP contribution in [0.4, 0.5) is 16.0 Å². The monoisotopic (exact) mass is 382 g/mol. The first-order chi connectivity index (χ1) is 13.7. The maximum atomic E-state index is 13.4. The van der Waals surface area contributed by atoms with Gasteiger partial charge in [0.25, 0.3) is 0 Å². The summed E-state index contributed by atoms with van der Waals surface area (Å²) < 4.78 is 13.4. The first-order valence-electron chi connectivity index (χ1n) is 10.3. The molecule has 1 unspecified atom stereocenters. The van der Waals surface area contributed by atoms with E-state index in [9.17, 15) is 9.18 Å². The van der Waals surface area contributed by atoms with E-state index in [2.05, 4.69) is 15.3 Å². The maximum absolute atomic E-state index is 13.4. The number of amides is 1. The van der Waals surface area contributed by atoms with Gasteiger partial charge in [0.1, 0.15) is 5.82 Å². The molecule has 4 rings (SSSR count). The van der Waals surface area contributed by atoms with Crippen molar-refractivity contribution in [2.24, 2.45) is 5.92 Å². The summed E-state index contributed by atoms with van der Waals surface area (Å²) in [6.07, 6.45) is 9.43. The quantitative estimate of drug-likeness (QED) is 0.836. The third kappa shape index (κ3) is 4.49. The van der Waals surface area contributed by atoms with Gasteiger partial charge in [-0.05, 0) is 49.9 Å². The first-order valence-corrected chi connectivity index (χ1v) is 10.3. The third-order valence-corrected chi connectivity index (χ3v) is 5.86. The van der Waals surface area contributed by atoms with Crippen LogP contribution in [0, 0.1) is 11.7 Å². The Morgan fingerprint density at radius 2 is 1.96 bits per heavy atom. The molecule has 5 nitrogen and oxygen atoms in total. The number of halogens is 1. The normalized spacial score (nSPS) is 20.8. The van der Waals surface area contributed by atoms with Crippen molar-refractivity contribution in [2.75, 3.05) is 18.4 Å². The molecule has 148 valence electrons. The molecule has 1 aliphatic heterocycles. The van der Waals surface area contributed by atoms with Gasteiger partial charge in [0.05, 0.1) is 5.69 Å². The van der Waals surface area contributed by atoms with Crippen molar-refractivity contribution >= 4 is 17.5 Å². The Labute approximate surface area is 165 Å². The highest BCUT2D eigenvalue weighted by atomic mass is 19.1. The second kappa shape index (κ2) is 8.67. The van der Waals surface area contributed by atoms with Crippen LogP contribution in [0.15, 0.2) is 36.5 Å². The van der Waals surface area contributed by atoms with Crippen molar-refractivity contribution in [2.45, 2.75) is 50.9 Å². The number of piperidine rings is 1. The second-order valence-corrected chi connectivity index (χ2v) is 7.90. The highest BCUT2D eigenvalue weighted by molar-refractivity contribution is 5.79. The Bertz CT molecular complexity index is 822. The number of benzene rings is 1. The number of hydrogen-bond acceptors (Lipinski definition) is 4. The predicted octanol–water partition coefficient (Wildman–Crippen LogP) is 4.65. The SMILES string of the molecule is O=C(C1CCCCC1)N1CCCC(c2ccnc(Nc3cccc(F)c3)n2)C1. The van der Waals surface area contributed by atoms with E-state index in [1.165, 1.54) is 31.4 Å². The minimum Gasteiger partial charge on any atom is -0.342 e. The third-order valence-electron chi connectivity index (χ3n) is 5.86. The minimum atomic E-state index is -0.301. The fourth-order valence-electron chi connectivity index (χ4n) is 4.38. The highest BCUT2D eigenvalue weighted by Crippen LogP contribution is 2.30. The fourth-order valence-corrected chi connectivity index (χ4v) is 4.38. The van der Waals surface area contributed by atoms with E-state index in [0.717, 1.165) is 44.5 Å². The van der Waals surface area contributed by atoms with Crippen molar-refractivity contribution in [3.05, 3.63) is 48.0 Å². The van der Waals surface area contributed by atoms with E-state index >= 15 is 0 Å². The molecule has 1 atom stereocenters. The second-order valence-electron chi connectivity index (χ2n) is 7.90. The zero-order valence-electron chi connectivity index (χ0n) is 16.1. The van der Waals surface area contributed by atoms with Crippen LogP contribution in [0.1, 0.15) is 56.6 Å². The number of likely N-dealkylation sites (tertiary alicyclic amines) is 1. The van der Waals surface area contributed by atoms with Gasteiger partial charge in [-0.25, -0.2) is 14.4 Å². The molecule has 2 heterocycles. The van der Waals surface area contributed by atoms with E-state index in [1.54, 1.807) is 18.3 Å². The molecule has 2 fully saturated rings. The molecule has 0 radical (unpaired) electrons. The molecule has 0 bridgehead atoms. The molecule has 0 spiro atoms. The van der Waals surface area contributed by atoms with Crippen molar-refractivity contribution in [3.8, 4) is 0 Å². The summed E-state index contributed by atoms with van der Waals surface area (Å²) in [5.41, 5.74) is 1.56. The fraction of sp³-hybridized carbons (Fsp3) is 0.500. The number of aromatic nitrogens is 2. The lowest BCUT2D eigenvalue weighted by Crippen LogP contribution is -2.43. The topological polar surface area (TPSA) is 58.1 Å². The molecule has 1 aromatic heterocycles. The van der Waals surface area contributed by atoms with Crippen molar-refractivity contribution in [1.82, 2.24) is 14.9 Å². The van der Waals surface area contributed by atoms with Gasteiger partial charge in [-0.3, -0.25) is 4.79 Å². The molecule has 2 aliphatic rings. The van der Waals surface area contributed by atoms with Gasteiger partial charge in [0.15, 0.2) is 0 Å². The Morgan fingerprint density at radius 3 is 2.79 bits per heavy atom. The summed E-state index contributed by atoms with van der Waals surface area (Å²) in [7, 11) is 0. The average Bonchev–Trinajstić information content (AvgIpc) is 2.74. The Hall–Kier alpha value is -2.50. The van der Waals surface area contributed by atoms with Crippen LogP contribution in [-0.2, 0) is 4.79 Å². The van der Waals surface area contributed by atoms with Crippen LogP contribution in [0.25, 0.3) is 0 Å². The van der Waals surface area contributed by atoms with Crippen LogP contribution < -0.4 is 5.32 Å². The van der Waals surface area contributed by atoms with Gasteiger partial charge < -0.3 is 10.2 Å². The Balaban J connectivity index is 1.44. The van der Waals surface area contributed by atoms with Gasteiger partial charge >= 0.3 is 0 Å². The number of nitrogens with one attached hydrogen (secondary N) is 1. The smallest absolute Gasteiger partial charge is 0.227 e. The van der Waals surface area contributed by atoms with E-state index in [4.69, 9.17) is 0 Å². The molecule has 6 heteroatoms. The van der Waals surface area contributed by atoms with E-state index < -0.39 is 0 Å². The van der Waals surface area contributed by atoms with Crippen molar-refractivity contribution in [3.63, 3.8) is 0 Å². The largest absolute Gasteiger partial charge is 0.342 e. The van der Waals surface area contributed by atoms with Gasteiger partial charge in [-0.1, -0.05) is 25.3 Å². The molecule has 1 saturated carbocycles. The summed E-state index contributed by atoms with van der Waals surface area (Å²) in [5.74, 6) is 0.918. The molecular formula is C22H27FN4O. The van der Waals surface area contributed by atoms with Crippen LogP contribution in [-0.4, -0.2) is 33.9 Å². The number of rotatable bonds is 4. The van der Waals surface area contributed by atoms with E-state index in [0.29, 0.717) is 17.5 Å². The number of nitrogens with zero attached hydrogens (tertiary/aromatic N) is 3. The summed E-state index contributed by atoms with van der Waals surface area (Å²) in [6.45, 7) is 1.58. The zero-order chi connectivity index (χ0) is 19.3. The van der Waals surface area contributed by atoms with Gasteiger partial charge in [0.2, 0.25) is 11.9 Å². The lowest BCUT2D eigenvalue weighted by molar-refractivity contribution is -0.137. The van der Waals surface area contributed by atoms with Crippen molar-refractivity contribution < 1.29 is 9.18 Å². The number of carbonyl (C=O) groups excluding carboxylic acids is 1. The van der Waals surface area contributed by atoms with Gasteiger partial charge in [-0.2, -0.15) is 0 Å². The van der Waals surface area contributed by atoms with Crippen LogP contribution in [0.3, 0.4) is 0 Å². The minimum absolute atomic E-state index is 0.211. The van der Waals surface area contributed by atoms with Crippen LogP contribution >= 0.6 is 0 Å². The predicted molar refractivity (Wildman–Crippen MR) is 107 cm³/mol. The van der Waals surface area contributed by atoms with E-state index in [1.807, 2.05) is 11.0 Å². The van der Waals surface area contributed by atoms with E-state index in [-0.39, 0.29) is 17.7 Å². The molecule has 1 amide bonds. The molecule has 2 aromatic rings. The first kappa shape index (κ1) is 18.8. The average molecular weight is 382 g/mol. The molecule has 1 N–H and O–H groups in total. The lowest BCUT2D eigenvalue weighted by Gasteiger charge is -2.35. The molecule has 28 heavy (non-hydrogen) atoms. The highest BCUT2D eigenvalue weighted by Gasteiger charge is 2.30. The molecular weight excluding hydrogens is 355 g/mol. The number of hydrogen-bond donors (Lipinski definition) is 1. The summed E-state index contributed by atoms with van der Waals surface area (Å²) in [4.78, 5) is 23.9. The summed E-state index contributed by atoms with van der Waals surface area (Å²) in [5, 5.41) is 3.07.